The van der Waals surface area contributed by atoms with E-state index in [-0.39, 0.29) is 17.7 Å². The number of aliphatic carboxylic acids is 1. The van der Waals surface area contributed by atoms with Gasteiger partial charge in [-0.3, -0.25) is 4.79 Å². The van der Waals surface area contributed by atoms with Crippen LogP contribution in [0, 0.1) is 11.8 Å². The number of carbonyl (C=O) groups excluding carboxylic acids is 1. The monoisotopic (exact) mass is 307 g/mol. The minimum Gasteiger partial charge on any atom is -0.494 e. The number of para-hydroxylation sites is 1. The molecule has 0 aromatic heterocycles. The molecule has 0 heterocycles. The third-order valence-corrected chi connectivity index (χ3v) is 3.33. The van der Waals surface area contributed by atoms with Gasteiger partial charge in [-0.05, 0) is 30.9 Å². The van der Waals surface area contributed by atoms with Crippen LogP contribution in [0.1, 0.15) is 33.6 Å². The number of carboxylic acids is 1. The number of amides is 1. The third kappa shape index (κ3) is 6.61. The Morgan fingerprint density at radius 1 is 1.18 bits per heavy atom. The molecule has 0 bridgehead atoms. The van der Waals surface area contributed by atoms with Crippen molar-refractivity contribution < 1.29 is 19.4 Å². The molecule has 5 heteroatoms. The van der Waals surface area contributed by atoms with Crippen LogP contribution in [0.5, 0.6) is 5.75 Å². The summed E-state index contributed by atoms with van der Waals surface area (Å²) < 4.78 is 5.55. The van der Waals surface area contributed by atoms with Crippen molar-refractivity contribution in [1.82, 2.24) is 5.32 Å². The average Bonchev–Trinajstić information content (AvgIpc) is 2.46. The van der Waals surface area contributed by atoms with Crippen LogP contribution >= 0.6 is 0 Å². The summed E-state index contributed by atoms with van der Waals surface area (Å²) in [4.78, 5) is 23.2. The van der Waals surface area contributed by atoms with Crippen LogP contribution in [-0.2, 0) is 9.59 Å². The lowest BCUT2D eigenvalue weighted by Crippen LogP contribution is -2.44. The first-order chi connectivity index (χ1) is 10.4. The highest BCUT2D eigenvalue weighted by Gasteiger charge is 2.23. The van der Waals surface area contributed by atoms with Crippen molar-refractivity contribution in [3.05, 3.63) is 30.3 Å². The molecule has 122 valence electrons. The predicted octanol–water partition coefficient (Wildman–Crippen LogP) is 2.71. The summed E-state index contributed by atoms with van der Waals surface area (Å²) in [6, 6.07) is 8.56. The van der Waals surface area contributed by atoms with Crippen LogP contribution in [-0.4, -0.2) is 29.6 Å². The maximum Gasteiger partial charge on any atom is 0.326 e. The molecule has 0 aliphatic carbocycles. The van der Waals surface area contributed by atoms with E-state index in [1.54, 1.807) is 6.92 Å². The molecule has 0 radical (unpaired) electrons. The number of rotatable bonds is 9. The zero-order valence-electron chi connectivity index (χ0n) is 13.4. The van der Waals surface area contributed by atoms with Crippen molar-refractivity contribution in [1.29, 1.82) is 0 Å². The second-order valence-electron chi connectivity index (χ2n) is 5.88. The van der Waals surface area contributed by atoms with Gasteiger partial charge in [-0.1, -0.05) is 39.0 Å². The van der Waals surface area contributed by atoms with Gasteiger partial charge in [0.25, 0.3) is 0 Å². The molecule has 0 aliphatic heterocycles. The first-order valence-corrected chi connectivity index (χ1v) is 7.61. The molecule has 0 saturated heterocycles. The van der Waals surface area contributed by atoms with Crippen molar-refractivity contribution in [2.45, 2.75) is 39.7 Å². The standard InChI is InChI=1S/C17H25NO4/c1-12(2)11-15(17(20)21)18-16(19)13(3)9-10-22-14-7-5-4-6-8-14/h4-8,12-13,15H,9-11H2,1-3H3,(H,18,19)(H,20,21). The molecule has 5 nitrogen and oxygen atoms in total. The lowest BCUT2D eigenvalue weighted by atomic mass is 10.0. The summed E-state index contributed by atoms with van der Waals surface area (Å²) in [6.45, 7) is 6.05. The molecule has 0 aliphatic rings. The fraction of sp³-hybridized carbons (Fsp3) is 0.529. The molecule has 2 atom stereocenters. The lowest BCUT2D eigenvalue weighted by Gasteiger charge is -2.19. The summed E-state index contributed by atoms with van der Waals surface area (Å²) in [6.07, 6.45) is 0.961. The second-order valence-corrected chi connectivity index (χ2v) is 5.88. The number of benzene rings is 1. The first-order valence-electron chi connectivity index (χ1n) is 7.61. The smallest absolute Gasteiger partial charge is 0.326 e. The largest absolute Gasteiger partial charge is 0.494 e. The average molecular weight is 307 g/mol. The van der Waals surface area contributed by atoms with Crippen molar-refractivity contribution in [2.24, 2.45) is 11.8 Å². The van der Waals surface area contributed by atoms with E-state index in [0.29, 0.717) is 19.4 Å². The Morgan fingerprint density at radius 3 is 2.36 bits per heavy atom. The number of nitrogens with one attached hydrogen (secondary N) is 1. The van der Waals surface area contributed by atoms with Crippen LogP contribution in [0.25, 0.3) is 0 Å². The Bertz CT molecular complexity index is 473. The van der Waals surface area contributed by atoms with Crippen LogP contribution in [0.2, 0.25) is 0 Å². The molecule has 2 unspecified atom stereocenters. The predicted molar refractivity (Wildman–Crippen MR) is 84.7 cm³/mol. The van der Waals surface area contributed by atoms with Gasteiger partial charge in [-0.15, -0.1) is 0 Å². The molecule has 0 saturated carbocycles. The van der Waals surface area contributed by atoms with Crippen molar-refractivity contribution in [3.8, 4) is 5.75 Å². The zero-order chi connectivity index (χ0) is 16.5. The fourth-order valence-corrected chi connectivity index (χ4v) is 2.01. The number of carboxylic acid groups (broad SMARTS) is 1. The van der Waals surface area contributed by atoms with Crippen molar-refractivity contribution in [3.63, 3.8) is 0 Å². The molecule has 1 aromatic rings. The Hall–Kier alpha value is -2.04. The van der Waals surface area contributed by atoms with Crippen LogP contribution in [0.15, 0.2) is 30.3 Å². The van der Waals surface area contributed by atoms with Crippen LogP contribution in [0.4, 0.5) is 0 Å². The van der Waals surface area contributed by atoms with Gasteiger partial charge in [-0.2, -0.15) is 0 Å². The number of hydrogen-bond donors (Lipinski definition) is 2. The molecule has 1 rings (SSSR count). The molecule has 2 N–H and O–H groups in total. The minimum atomic E-state index is -0.991. The summed E-state index contributed by atoms with van der Waals surface area (Å²) >= 11 is 0. The summed E-state index contributed by atoms with van der Waals surface area (Å²) in [5.74, 6) is -0.561. The molecule has 1 aromatic carbocycles. The fourth-order valence-electron chi connectivity index (χ4n) is 2.01. The van der Waals surface area contributed by atoms with Gasteiger partial charge >= 0.3 is 5.97 Å². The van der Waals surface area contributed by atoms with E-state index in [1.165, 1.54) is 0 Å². The maximum absolute atomic E-state index is 12.1. The normalized spacial score (nSPS) is 13.5. The maximum atomic E-state index is 12.1. The van der Waals surface area contributed by atoms with E-state index in [2.05, 4.69) is 5.32 Å². The SMILES string of the molecule is CC(C)CC(NC(=O)C(C)CCOc1ccccc1)C(=O)O. The highest BCUT2D eigenvalue weighted by molar-refractivity contribution is 5.84. The van der Waals surface area contributed by atoms with Gasteiger partial charge in [0.15, 0.2) is 0 Å². The summed E-state index contributed by atoms with van der Waals surface area (Å²) in [5.41, 5.74) is 0. The van der Waals surface area contributed by atoms with Crippen LogP contribution < -0.4 is 10.1 Å². The highest BCUT2D eigenvalue weighted by atomic mass is 16.5. The van der Waals surface area contributed by atoms with E-state index in [0.717, 1.165) is 5.75 Å². The van der Waals surface area contributed by atoms with Gasteiger partial charge in [-0.25, -0.2) is 4.79 Å². The van der Waals surface area contributed by atoms with Gasteiger partial charge in [0.05, 0.1) is 6.61 Å². The Kier molecular flexibility index (Phi) is 7.43. The van der Waals surface area contributed by atoms with E-state index in [4.69, 9.17) is 9.84 Å². The Morgan fingerprint density at radius 2 is 1.82 bits per heavy atom. The molecular weight excluding hydrogens is 282 g/mol. The van der Waals surface area contributed by atoms with Gasteiger partial charge < -0.3 is 15.2 Å². The first kappa shape index (κ1) is 18.0. The van der Waals surface area contributed by atoms with E-state index in [9.17, 15) is 9.59 Å². The van der Waals surface area contributed by atoms with Crippen molar-refractivity contribution >= 4 is 11.9 Å². The molecule has 22 heavy (non-hydrogen) atoms. The number of hydrogen-bond acceptors (Lipinski definition) is 3. The quantitative estimate of drug-likeness (QED) is 0.735. The second kappa shape index (κ2) is 9.07. The highest BCUT2D eigenvalue weighted by Crippen LogP contribution is 2.11. The van der Waals surface area contributed by atoms with Crippen LogP contribution in [0.3, 0.4) is 0 Å². The molecule has 0 spiro atoms. The molecule has 1 amide bonds. The topological polar surface area (TPSA) is 75.6 Å². The minimum absolute atomic E-state index is 0.207. The van der Waals surface area contributed by atoms with E-state index >= 15 is 0 Å². The van der Waals surface area contributed by atoms with E-state index in [1.807, 2.05) is 44.2 Å². The van der Waals surface area contributed by atoms with E-state index < -0.39 is 12.0 Å². The third-order valence-electron chi connectivity index (χ3n) is 3.33. The van der Waals surface area contributed by atoms with Crippen molar-refractivity contribution in [2.75, 3.05) is 6.61 Å². The lowest BCUT2D eigenvalue weighted by molar-refractivity contribution is -0.142. The van der Waals surface area contributed by atoms with Gasteiger partial charge in [0.1, 0.15) is 11.8 Å². The molecule has 0 fully saturated rings. The Labute approximate surface area is 131 Å². The molecular formula is C17H25NO4. The van der Waals surface area contributed by atoms with Gasteiger partial charge in [0, 0.05) is 5.92 Å². The van der Waals surface area contributed by atoms with Gasteiger partial charge in [0.2, 0.25) is 5.91 Å². The number of carbonyl (C=O) groups is 2. The summed E-state index contributed by atoms with van der Waals surface area (Å²) in [5, 5.41) is 11.7. The number of ether oxygens (including phenoxy) is 1. The zero-order valence-corrected chi connectivity index (χ0v) is 13.4. The Balaban J connectivity index is 2.38. The summed E-state index contributed by atoms with van der Waals surface area (Å²) in [7, 11) is 0.